The number of piperazine rings is 1. The second-order valence-corrected chi connectivity index (χ2v) is 10.1. The lowest BCUT2D eigenvalue weighted by Crippen LogP contribution is -2.49. The number of sulfonamides is 1. The van der Waals surface area contributed by atoms with Crippen LogP contribution in [0.1, 0.15) is 5.56 Å². The number of halogens is 5. The summed E-state index contributed by atoms with van der Waals surface area (Å²) >= 11 is 6.62. The molecule has 0 amide bonds. The zero-order chi connectivity index (χ0) is 22.1. The van der Waals surface area contributed by atoms with Gasteiger partial charge in [-0.1, -0.05) is 23.7 Å². The number of rotatable bonds is 5. The maximum Gasteiger partial charge on any atom is 0.398 e. The first kappa shape index (κ1) is 23.2. The molecule has 1 aliphatic rings. The Labute approximate surface area is 181 Å². The van der Waals surface area contributed by atoms with Crippen LogP contribution in [0, 0.1) is 12.7 Å². The van der Waals surface area contributed by atoms with Gasteiger partial charge in [0.1, 0.15) is 10.7 Å². The van der Waals surface area contributed by atoms with Crippen molar-refractivity contribution in [2.75, 3.05) is 36.8 Å². The molecule has 1 heterocycles. The van der Waals surface area contributed by atoms with Crippen LogP contribution in [0.15, 0.2) is 46.2 Å². The SMILES string of the molecule is Cc1cc(F)c(N2CCN(S(=O)(=O)c3ccccc3Cl)CC2)cc1SCC(F)(F)F. The fraction of sp³-hybridized carbons (Fsp3) is 0.368. The number of aryl methyl sites for hydroxylation is 1. The molecule has 0 unspecified atom stereocenters. The van der Waals surface area contributed by atoms with E-state index in [1.54, 1.807) is 24.0 Å². The normalized spacial score (nSPS) is 16.1. The number of hydrogen-bond donors (Lipinski definition) is 0. The maximum atomic E-state index is 14.5. The lowest BCUT2D eigenvalue weighted by Gasteiger charge is -2.36. The molecular formula is C19H19ClF4N2O2S2. The number of hydrogen-bond acceptors (Lipinski definition) is 4. The van der Waals surface area contributed by atoms with Crippen LogP contribution in [0.4, 0.5) is 23.2 Å². The highest BCUT2D eigenvalue weighted by Crippen LogP contribution is 2.34. The monoisotopic (exact) mass is 482 g/mol. The fourth-order valence-corrected chi connectivity index (χ4v) is 5.88. The molecule has 30 heavy (non-hydrogen) atoms. The van der Waals surface area contributed by atoms with E-state index in [2.05, 4.69) is 0 Å². The van der Waals surface area contributed by atoms with Crippen LogP contribution in [0.5, 0.6) is 0 Å². The number of nitrogens with zero attached hydrogens (tertiary/aromatic N) is 2. The summed E-state index contributed by atoms with van der Waals surface area (Å²) < 4.78 is 79.1. The molecule has 0 radical (unpaired) electrons. The highest BCUT2D eigenvalue weighted by molar-refractivity contribution is 7.99. The van der Waals surface area contributed by atoms with Gasteiger partial charge >= 0.3 is 6.18 Å². The van der Waals surface area contributed by atoms with E-state index in [0.29, 0.717) is 22.2 Å². The second-order valence-electron chi connectivity index (χ2n) is 6.79. The summed E-state index contributed by atoms with van der Waals surface area (Å²) in [4.78, 5) is 1.99. The van der Waals surface area contributed by atoms with E-state index >= 15 is 0 Å². The molecular weight excluding hydrogens is 464 g/mol. The average molecular weight is 483 g/mol. The Morgan fingerprint density at radius 1 is 1.10 bits per heavy atom. The molecule has 3 rings (SSSR count). The highest BCUT2D eigenvalue weighted by atomic mass is 35.5. The van der Waals surface area contributed by atoms with Gasteiger partial charge in [0.25, 0.3) is 0 Å². The van der Waals surface area contributed by atoms with Crippen molar-refractivity contribution in [2.24, 2.45) is 0 Å². The Balaban J connectivity index is 1.75. The van der Waals surface area contributed by atoms with Crippen LogP contribution in [0.25, 0.3) is 0 Å². The molecule has 0 atom stereocenters. The Bertz CT molecular complexity index is 1020. The van der Waals surface area contributed by atoms with Gasteiger partial charge in [0.15, 0.2) is 0 Å². The van der Waals surface area contributed by atoms with Gasteiger partial charge in [-0.25, -0.2) is 12.8 Å². The van der Waals surface area contributed by atoms with Crippen molar-refractivity contribution in [3.05, 3.63) is 52.8 Å². The fourth-order valence-electron chi connectivity index (χ4n) is 3.16. The summed E-state index contributed by atoms with van der Waals surface area (Å²) in [6.07, 6.45) is -4.33. The first-order chi connectivity index (χ1) is 14.0. The van der Waals surface area contributed by atoms with Gasteiger partial charge < -0.3 is 4.90 Å². The van der Waals surface area contributed by atoms with Crippen molar-refractivity contribution in [1.29, 1.82) is 0 Å². The summed E-state index contributed by atoms with van der Waals surface area (Å²) in [5.74, 6) is -1.62. The molecule has 1 fully saturated rings. The molecule has 1 saturated heterocycles. The van der Waals surface area contributed by atoms with Crippen molar-refractivity contribution in [3.8, 4) is 0 Å². The van der Waals surface area contributed by atoms with Crippen LogP contribution in [-0.2, 0) is 10.0 Å². The molecule has 164 valence electrons. The Hall–Kier alpha value is -1.49. The van der Waals surface area contributed by atoms with E-state index in [0.717, 1.165) is 0 Å². The van der Waals surface area contributed by atoms with Crippen LogP contribution >= 0.6 is 23.4 Å². The van der Waals surface area contributed by atoms with E-state index in [-0.39, 0.29) is 41.8 Å². The summed E-state index contributed by atoms with van der Waals surface area (Å²) in [7, 11) is -3.80. The van der Waals surface area contributed by atoms with Gasteiger partial charge in [0.05, 0.1) is 16.5 Å². The van der Waals surface area contributed by atoms with Gasteiger partial charge in [-0.3, -0.25) is 0 Å². The van der Waals surface area contributed by atoms with Gasteiger partial charge in [-0.15, -0.1) is 11.8 Å². The van der Waals surface area contributed by atoms with E-state index in [1.807, 2.05) is 0 Å². The van der Waals surface area contributed by atoms with Gasteiger partial charge in [0.2, 0.25) is 10.0 Å². The van der Waals surface area contributed by atoms with Gasteiger partial charge in [-0.2, -0.15) is 17.5 Å². The molecule has 0 spiro atoms. The standard InChI is InChI=1S/C19H19ClF4N2O2S2/c1-13-10-15(21)16(11-17(13)29-12-19(22,23)24)25-6-8-26(9-7-25)30(27,28)18-5-3-2-4-14(18)20/h2-5,10-11H,6-9,12H2,1H3. The molecule has 2 aromatic rings. The third-order valence-corrected chi connectivity index (χ3v) is 8.29. The van der Waals surface area contributed by atoms with E-state index < -0.39 is 27.8 Å². The molecule has 0 aromatic heterocycles. The van der Waals surface area contributed by atoms with Crippen molar-refractivity contribution in [2.45, 2.75) is 22.9 Å². The number of thioether (sulfide) groups is 1. The summed E-state index contributed by atoms with van der Waals surface area (Å²) in [6.45, 7) is 2.16. The van der Waals surface area contributed by atoms with Crippen LogP contribution in [0.3, 0.4) is 0 Å². The summed E-state index contributed by atoms with van der Waals surface area (Å²) in [6, 6.07) is 8.74. The van der Waals surface area contributed by atoms with Crippen LogP contribution in [0.2, 0.25) is 5.02 Å². The van der Waals surface area contributed by atoms with Crippen molar-refractivity contribution < 1.29 is 26.0 Å². The van der Waals surface area contributed by atoms with Crippen molar-refractivity contribution >= 4 is 39.1 Å². The lowest BCUT2D eigenvalue weighted by molar-refractivity contribution is -0.105. The molecule has 1 aliphatic heterocycles. The topological polar surface area (TPSA) is 40.6 Å². The lowest BCUT2D eigenvalue weighted by atomic mass is 10.2. The Kier molecular flexibility index (Phi) is 6.91. The smallest absolute Gasteiger partial charge is 0.366 e. The molecule has 0 saturated carbocycles. The number of benzene rings is 2. The van der Waals surface area contributed by atoms with Crippen LogP contribution < -0.4 is 4.90 Å². The second kappa shape index (κ2) is 8.94. The summed E-state index contributed by atoms with van der Waals surface area (Å²) in [5, 5.41) is 0.121. The quantitative estimate of drug-likeness (QED) is 0.446. The largest absolute Gasteiger partial charge is 0.398 e. The minimum atomic E-state index is -4.33. The molecule has 0 bridgehead atoms. The van der Waals surface area contributed by atoms with Crippen molar-refractivity contribution in [1.82, 2.24) is 4.31 Å². The minimum Gasteiger partial charge on any atom is -0.366 e. The molecule has 11 heteroatoms. The van der Waals surface area contributed by atoms with Gasteiger partial charge in [0, 0.05) is 31.1 Å². The van der Waals surface area contributed by atoms with Crippen LogP contribution in [-0.4, -0.2) is 50.8 Å². The Morgan fingerprint density at radius 2 is 1.73 bits per heavy atom. The zero-order valence-electron chi connectivity index (χ0n) is 15.9. The van der Waals surface area contributed by atoms with E-state index in [4.69, 9.17) is 11.6 Å². The maximum absolute atomic E-state index is 14.5. The molecule has 0 aliphatic carbocycles. The van der Waals surface area contributed by atoms with E-state index in [9.17, 15) is 26.0 Å². The first-order valence-electron chi connectivity index (χ1n) is 8.98. The Morgan fingerprint density at radius 3 is 2.33 bits per heavy atom. The average Bonchev–Trinajstić information content (AvgIpc) is 2.67. The molecule has 4 nitrogen and oxygen atoms in total. The predicted molar refractivity (Wildman–Crippen MR) is 110 cm³/mol. The third-order valence-electron chi connectivity index (χ3n) is 4.67. The minimum absolute atomic E-state index is 0.00692. The summed E-state index contributed by atoms with van der Waals surface area (Å²) in [5.41, 5.74) is 0.588. The third kappa shape index (κ3) is 5.22. The zero-order valence-corrected chi connectivity index (χ0v) is 18.3. The highest BCUT2D eigenvalue weighted by Gasteiger charge is 2.31. The number of alkyl halides is 3. The number of anilines is 1. The van der Waals surface area contributed by atoms with E-state index in [1.165, 1.54) is 28.6 Å². The van der Waals surface area contributed by atoms with Crippen molar-refractivity contribution in [3.63, 3.8) is 0 Å². The molecule has 2 aromatic carbocycles. The molecule has 0 N–H and O–H groups in total. The van der Waals surface area contributed by atoms with Gasteiger partial charge in [-0.05, 0) is 36.8 Å². The predicted octanol–water partition coefficient (Wildman–Crippen LogP) is 4.95. The first-order valence-corrected chi connectivity index (χ1v) is 11.8.